The van der Waals surface area contributed by atoms with Crippen molar-refractivity contribution < 1.29 is 18.7 Å². The van der Waals surface area contributed by atoms with Gasteiger partial charge in [-0.1, -0.05) is 6.07 Å². The van der Waals surface area contributed by atoms with Crippen molar-refractivity contribution in [2.45, 2.75) is 31.4 Å². The molecule has 1 aromatic rings. The molecule has 19 heavy (non-hydrogen) atoms. The second kappa shape index (κ2) is 5.57. The molecule has 104 valence electrons. The molecule has 5 heteroatoms. The molecule has 0 radical (unpaired) electrons. The van der Waals surface area contributed by atoms with E-state index in [4.69, 9.17) is 9.47 Å². The summed E-state index contributed by atoms with van der Waals surface area (Å²) in [6.07, 6.45) is 0.949. The van der Waals surface area contributed by atoms with Gasteiger partial charge >= 0.3 is 5.97 Å². The molecule has 1 aliphatic rings. The number of nitrogens with one attached hydrogen (secondary N) is 1. The van der Waals surface area contributed by atoms with Crippen LogP contribution in [0.15, 0.2) is 24.3 Å². The number of esters is 1. The normalized spacial score (nSPS) is 26.8. The highest BCUT2D eigenvalue weighted by atomic mass is 19.1. The van der Waals surface area contributed by atoms with Gasteiger partial charge in [0.15, 0.2) is 0 Å². The number of hydrogen-bond acceptors (Lipinski definition) is 4. The molecule has 4 nitrogen and oxygen atoms in total. The minimum absolute atomic E-state index is 0.0473. The van der Waals surface area contributed by atoms with Crippen LogP contribution in [0.3, 0.4) is 0 Å². The molecule has 0 aromatic heterocycles. The molecule has 2 rings (SSSR count). The summed E-state index contributed by atoms with van der Waals surface area (Å²) >= 11 is 0. The third-order valence-corrected chi connectivity index (χ3v) is 3.35. The van der Waals surface area contributed by atoms with E-state index >= 15 is 0 Å². The Balaban J connectivity index is 2.25. The summed E-state index contributed by atoms with van der Waals surface area (Å²) in [6.45, 7) is 2.38. The van der Waals surface area contributed by atoms with Gasteiger partial charge in [0.2, 0.25) is 0 Å². The number of methoxy groups -OCH3 is 1. The van der Waals surface area contributed by atoms with Gasteiger partial charge in [-0.15, -0.1) is 0 Å². The number of anilines is 1. The first-order valence-corrected chi connectivity index (χ1v) is 6.29. The topological polar surface area (TPSA) is 47.6 Å². The summed E-state index contributed by atoms with van der Waals surface area (Å²) < 4.78 is 23.6. The highest BCUT2D eigenvalue weighted by Crippen LogP contribution is 2.30. The zero-order valence-electron chi connectivity index (χ0n) is 11.1. The summed E-state index contributed by atoms with van der Waals surface area (Å²) in [7, 11) is 1.36. The number of carbonyl (C=O) groups is 1. The van der Waals surface area contributed by atoms with Crippen LogP contribution in [0.5, 0.6) is 0 Å². The average molecular weight is 267 g/mol. The van der Waals surface area contributed by atoms with E-state index in [9.17, 15) is 9.18 Å². The van der Waals surface area contributed by atoms with Crippen molar-refractivity contribution in [1.29, 1.82) is 0 Å². The third kappa shape index (κ3) is 3.04. The molecular weight excluding hydrogens is 249 g/mol. The fraction of sp³-hybridized carbons (Fsp3) is 0.500. The number of benzene rings is 1. The molecule has 0 aliphatic carbocycles. The van der Waals surface area contributed by atoms with Gasteiger partial charge in [0.05, 0.1) is 13.2 Å². The summed E-state index contributed by atoms with van der Waals surface area (Å²) in [6, 6.07) is 6.06. The molecule has 2 unspecified atom stereocenters. The van der Waals surface area contributed by atoms with Crippen molar-refractivity contribution in [3.63, 3.8) is 0 Å². The van der Waals surface area contributed by atoms with Gasteiger partial charge < -0.3 is 14.8 Å². The summed E-state index contributed by atoms with van der Waals surface area (Å²) in [5, 5.41) is 3.12. The van der Waals surface area contributed by atoms with Gasteiger partial charge in [0.1, 0.15) is 11.4 Å². The zero-order valence-corrected chi connectivity index (χ0v) is 11.1. The van der Waals surface area contributed by atoms with E-state index in [1.54, 1.807) is 12.1 Å². The lowest BCUT2D eigenvalue weighted by atomic mass is 9.86. The van der Waals surface area contributed by atoms with Gasteiger partial charge in [-0.3, -0.25) is 0 Å². The number of hydrogen-bond donors (Lipinski definition) is 1. The molecule has 1 saturated heterocycles. The maximum absolute atomic E-state index is 13.2. The Morgan fingerprint density at radius 1 is 1.58 bits per heavy atom. The number of halogens is 1. The number of ether oxygens (including phenoxy) is 2. The van der Waals surface area contributed by atoms with Crippen LogP contribution in [0.25, 0.3) is 0 Å². The lowest BCUT2D eigenvalue weighted by molar-refractivity contribution is -0.151. The Bertz CT molecular complexity index is 466. The SMILES string of the molecule is COC(=O)C1(Nc2cccc(F)c2)CCOC(C)C1. The molecule has 1 heterocycles. The largest absolute Gasteiger partial charge is 0.467 e. The molecular formula is C14H18FNO3. The predicted molar refractivity (Wildman–Crippen MR) is 69.4 cm³/mol. The molecule has 1 fully saturated rings. The lowest BCUT2D eigenvalue weighted by Gasteiger charge is -2.38. The zero-order chi connectivity index (χ0) is 13.9. The maximum Gasteiger partial charge on any atom is 0.331 e. The minimum atomic E-state index is -0.847. The molecule has 0 bridgehead atoms. The van der Waals surface area contributed by atoms with E-state index in [0.717, 1.165) is 0 Å². The van der Waals surface area contributed by atoms with Crippen LogP contribution in [-0.4, -0.2) is 31.3 Å². The highest BCUT2D eigenvalue weighted by molar-refractivity contribution is 5.84. The number of carbonyl (C=O) groups excluding carboxylic acids is 1. The Morgan fingerprint density at radius 2 is 2.37 bits per heavy atom. The smallest absolute Gasteiger partial charge is 0.331 e. The fourth-order valence-corrected chi connectivity index (χ4v) is 2.47. The average Bonchev–Trinajstić information content (AvgIpc) is 2.37. The first-order chi connectivity index (χ1) is 9.05. The van der Waals surface area contributed by atoms with Crippen LogP contribution < -0.4 is 5.32 Å². The van der Waals surface area contributed by atoms with Crippen LogP contribution in [0.1, 0.15) is 19.8 Å². The molecule has 1 N–H and O–H groups in total. The minimum Gasteiger partial charge on any atom is -0.467 e. The summed E-state index contributed by atoms with van der Waals surface area (Å²) in [4.78, 5) is 12.1. The Morgan fingerprint density at radius 3 is 3.00 bits per heavy atom. The lowest BCUT2D eigenvalue weighted by Crippen LogP contribution is -2.53. The quantitative estimate of drug-likeness (QED) is 0.854. The van der Waals surface area contributed by atoms with Crippen molar-refractivity contribution in [3.05, 3.63) is 30.1 Å². The number of rotatable bonds is 3. The summed E-state index contributed by atoms with van der Waals surface area (Å²) in [5.41, 5.74) is -0.278. The van der Waals surface area contributed by atoms with E-state index in [1.807, 2.05) is 6.92 Å². The molecule has 2 atom stereocenters. The van der Waals surface area contributed by atoms with Crippen molar-refractivity contribution in [2.24, 2.45) is 0 Å². The van der Waals surface area contributed by atoms with Crippen molar-refractivity contribution >= 4 is 11.7 Å². The molecule has 0 spiro atoms. The monoisotopic (exact) mass is 267 g/mol. The predicted octanol–water partition coefficient (Wildman–Crippen LogP) is 2.35. The van der Waals surface area contributed by atoms with Crippen LogP contribution >= 0.6 is 0 Å². The first kappa shape index (κ1) is 13.8. The Kier molecular flexibility index (Phi) is 4.04. The van der Waals surface area contributed by atoms with Crippen LogP contribution in [-0.2, 0) is 14.3 Å². The van der Waals surface area contributed by atoms with E-state index in [1.165, 1.54) is 19.2 Å². The van der Waals surface area contributed by atoms with E-state index < -0.39 is 5.54 Å². The molecule has 1 aliphatic heterocycles. The fourth-order valence-electron chi connectivity index (χ4n) is 2.47. The third-order valence-electron chi connectivity index (χ3n) is 3.35. The molecule has 0 amide bonds. The van der Waals surface area contributed by atoms with Crippen LogP contribution in [0, 0.1) is 5.82 Å². The standard InChI is InChI=1S/C14H18FNO3/c1-10-9-14(6-7-19-10,13(17)18-2)16-12-5-3-4-11(15)8-12/h3-5,8,10,16H,6-7,9H2,1-2H3. The van der Waals surface area contributed by atoms with Crippen molar-refractivity contribution in [3.8, 4) is 0 Å². The van der Waals surface area contributed by atoms with Gasteiger partial charge in [0, 0.05) is 25.1 Å². The van der Waals surface area contributed by atoms with E-state index in [0.29, 0.717) is 25.1 Å². The second-order valence-corrected chi connectivity index (χ2v) is 4.84. The van der Waals surface area contributed by atoms with Gasteiger partial charge in [-0.05, 0) is 25.1 Å². The van der Waals surface area contributed by atoms with Crippen LogP contribution in [0.2, 0.25) is 0 Å². The maximum atomic E-state index is 13.2. The van der Waals surface area contributed by atoms with Crippen molar-refractivity contribution in [1.82, 2.24) is 0 Å². The van der Waals surface area contributed by atoms with E-state index in [-0.39, 0.29) is 17.9 Å². The molecule has 1 aromatic carbocycles. The Hall–Kier alpha value is -1.62. The molecule has 0 saturated carbocycles. The van der Waals surface area contributed by atoms with E-state index in [2.05, 4.69) is 5.32 Å². The second-order valence-electron chi connectivity index (χ2n) is 4.84. The Labute approximate surface area is 111 Å². The van der Waals surface area contributed by atoms with Crippen LogP contribution in [0.4, 0.5) is 10.1 Å². The van der Waals surface area contributed by atoms with Gasteiger partial charge in [-0.25, -0.2) is 9.18 Å². The van der Waals surface area contributed by atoms with Gasteiger partial charge in [-0.2, -0.15) is 0 Å². The van der Waals surface area contributed by atoms with Gasteiger partial charge in [0.25, 0.3) is 0 Å². The first-order valence-electron chi connectivity index (χ1n) is 6.29. The van der Waals surface area contributed by atoms with Crippen molar-refractivity contribution in [2.75, 3.05) is 19.0 Å². The highest BCUT2D eigenvalue weighted by Gasteiger charge is 2.43. The summed E-state index contributed by atoms with van der Waals surface area (Å²) in [5.74, 6) is -0.683.